The van der Waals surface area contributed by atoms with E-state index in [1.165, 1.54) is 31.2 Å². The number of benzene rings is 1. The number of nitrogens with zero attached hydrogens (tertiary/aromatic N) is 6. The van der Waals surface area contributed by atoms with Crippen LogP contribution in [0.1, 0.15) is 12.8 Å². The first kappa shape index (κ1) is 24.2. The number of rotatable bonds is 7. The number of nitrogens with one attached hydrogen (secondary N) is 2. The summed E-state index contributed by atoms with van der Waals surface area (Å²) in [4.78, 5) is 23.6. The van der Waals surface area contributed by atoms with E-state index >= 15 is 0 Å². The number of aromatic nitrogens is 7. The minimum Gasteiger partial charge on any atom is -0.506 e. The quantitative estimate of drug-likeness (QED) is 0.262. The number of fused-ring (bicyclic) bond motifs is 2. The second-order valence-electron chi connectivity index (χ2n) is 9.83. The molecule has 7 rings (SSSR count). The van der Waals surface area contributed by atoms with E-state index in [9.17, 15) is 9.50 Å². The minimum absolute atomic E-state index is 0.0571. The van der Waals surface area contributed by atoms with Crippen LogP contribution in [0.3, 0.4) is 0 Å². The molecule has 0 atom stereocenters. The fourth-order valence-corrected chi connectivity index (χ4v) is 5.16. The molecule has 40 heavy (non-hydrogen) atoms. The van der Waals surface area contributed by atoms with E-state index in [4.69, 9.17) is 9.72 Å². The van der Waals surface area contributed by atoms with Crippen molar-refractivity contribution in [2.24, 2.45) is 0 Å². The first-order valence-corrected chi connectivity index (χ1v) is 13.1. The van der Waals surface area contributed by atoms with Crippen LogP contribution in [0.4, 0.5) is 4.39 Å². The van der Waals surface area contributed by atoms with Gasteiger partial charge in [-0.15, -0.1) is 0 Å². The van der Waals surface area contributed by atoms with Gasteiger partial charge in [-0.05, 0) is 56.3 Å². The maximum absolute atomic E-state index is 14.7. The molecule has 6 aromatic rings. The third kappa shape index (κ3) is 4.60. The van der Waals surface area contributed by atoms with Gasteiger partial charge in [-0.2, -0.15) is 5.10 Å². The van der Waals surface area contributed by atoms with Gasteiger partial charge in [0.25, 0.3) is 0 Å². The molecule has 5 aromatic heterocycles. The Hall–Kier alpha value is -4.90. The summed E-state index contributed by atoms with van der Waals surface area (Å²) in [5.41, 5.74) is 5.08. The zero-order chi connectivity index (χ0) is 27.1. The average Bonchev–Trinajstić information content (AvgIpc) is 3.72. The van der Waals surface area contributed by atoms with Crippen LogP contribution in [-0.4, -0.2) is 71.4 Å². The van der Waals surface area contributed by atoms with Crippen molar-refractivity contribution >= 4 is 21.9 Å². The smallest absolute Gasteiger partial charge is 0.159 e. The van der Waals surface area contributed by atoms with Crippen molar-refractivity contribution in [2.45, 2.75) is 12.8 Å². The number of hydrogen-bond donors (Lipinski definition) is 3. The van der Waals surface area contributed by atoms with E-state index < -0.39 is 5.82 Å². The number of ether oxygens (including phenoxy) is 1. The highest BCUT2D eigenvalue weighted by atomic mass is 19.1. The van der Waals surface area contributed by atoms with Crippen molar-refractivity contribution < 1.29 is 14.2 Å². The van der Waals surface area contributed by atoms with Crippen LogP contribution < -0.4 is 4.74 Å². The minimum atomic E-state index is -0.400. The lowest BCUT2D eigenvalue weighted by molar-refractivity contribution is 0.237. The molecule has 0 unspecified atom stereocenters. The van der Waals surface area contributed by atoms with E-state index in [1.54, 1.807) is 30.7 Å². The summed E-state index contributed by atoms with van der Waals surface area (Å²) in [5.74, 6) is 0.647. The lowest BCUT2D eigenvalue weighted by Crippen LogP contribution is -2.25. The van der Waals surface area contributed by atoms with Crippen molar-refractivity contribution in [3.63, 3.8) is 0 Å². The van der Waals surface area contributed by atoms with Crippen molar-refractivity contribution in [2.75, 3.05) is 26.2 Å². The number of likely N-dealkylation sites (tertiary alicyclic amines) is 1. The summed E-state index contributed by atoms with van der Waals surface area (Å²) in [5, 5.41) is 18.1. The summed E-state index contributed by atoms with van der Waals surface area (Å²) in [6.45, 7) is 3.48. The van der Waals surface area contributed by atoms with Gasteiger partial charge in [0, 0.05) is 41.5 Å². The van der Waals surface area contributed by atoms with Gasteiger partial charge in [0.1, 0.15) is 35.1 Å². The van der Waals surface area contributed by atoms with Gasteiger partial charge < -0.3 is 14.8 Å². The first-order valence-electron chi connectivity index (χ1n) is 13.1. The Bertz CT molecular complexity index is 1840. The molecule has 3 N–H and O–H groups in total. The van der Waals surface area contributed by atoms with Gasteiger partial charge in [0.2, 0.25) is 0 Å². The SMILES string of the molecule is Oc1cncc(-c2cc3c(-c4nc5c(-c6cc(F)cc(OCCN7CCCC7)c6)nccc5[nH]4)n[nH]c3cn2)c1. The predicted molar refractivity (Wildman–Crippen MR) is 148 cm³/mol. The van der Waals surface area contributed by atoms with Crippen LogP contribution in [0.25, 0.3) is 56.0 Å². The molecule has 0 radical (unpaired) electrons. The number of hydrogen-bond acceptors (Lipinski definition) is 8. The Labute approximate surface area is 227 Å². The third-order valence-electron chi connectivity index (χ3n) is 7.11. The lowest BCUT2D eigenvalue weighted by atomic mass is 10.1. The maximum Gasteiger partial charge on any atom is 0.159 e. The molecule has 200 valence electrons. The van der Waals surface area contributed by atoms with Crippen LogP contribution in [0.2, 0.25) is 0 Å². The Morgan fingerprint density at radius 1 is 0.950 bits per heavy atom. The Kier molecular flexibility index (Phi) is 6.05. The standard InChI is InChI=1S/C29H25FN8O2/c30-19-9-17(11-21(12-19)40-8-7-38-5-1-2-6-38)26-28-23(3-4-32-26)34-29(35-28)27-22-13-24(33-16-25(22)36-37-27)18-10-20(39)15-31-14-18/h3-4,9-16,39H,1-2,5-8H2,(H,34,35)(H,36,37). The van der Waals surface area contributed by atoms with Gasteiger partial charge >= 0.3 is 0 Å². The molecule has 0 saturated carbocycles. The van der Waals surface area contributed by atoms with E-state index in [1.807, 2.05) is 12.1 Å². The topological polar surface area (TPSA) is 129 Å². The number of imidazole rings is 1. The number of aromatic amines is 2. The zero-order valence-electron chi connectivity index (χ0n) is 21.4. The second-order valence-corrected chi connectivity index (χ2v) is 9.83. The predicted octanol–water partition coefficient (Wildman–Crippen LogP) is 4.94. The molecule has 0 spiro atoms. The Balaban J connectivity index is 1.23. The number of pyridine rings is 3. The van der Waals surface area contributed by atoms with Crippen molar-refractivity contribution in [1.29, 1.82) is 0 Å². The summed E-state index contributed by atoms with van der Waals surface area (Å²) in [6, 6.07) is 9.93. The molecule has 0 aliphatic carbocycles. The van der Waals surface area contributed by atoms with E-state index in [0.29, 0.717) is 51.9 Å². The van der Waals surface area contributed by atoms with Gasteiger partial charge in [-0.25, -0.2) is 9.37 Å². The highest BCUT2D eigenvalue weighted by Crippen LogP contribution is 2.33. The molecule has 10 nitrogen and oxygen atoms in total. The fourth-order valence-electron chi connectivity index (χ4n) is 5.16. The van der Waals surface area contributed by atoms with Crippen LogP contribution in [0, 0.1) is 5.82 Å². The zero-order valence-corrected chi connectivity index (χ0v) is 21.4. The van der Waals surface area contributed by atoms with Crippen LogP contribution >= 0.6 is 0 Å². The normalized spacial score (nSPS) is 13.9. The van der Waals surface area contributed by atoms with Crippen molar-refractivity contribution in [3.8, 4) is 45.5 Å². The number of aromatic hydroxyl groups is 1. The molecule has 6 heterocycles. The van der Waals surface area contributed by atoms with Gasteiger partial charge in [0.15, 0.2) is 5.82 Å². The van der Waals surface area contributed by atoms with E-state index in [2.05, 4.69) is 35.0 Å². The molecular formula is C29H25FN8O2. The molecular weight excluding hydrogens is 511 g/mol. The van der Waals surface area contributed by atoms with Crippen LogP contribution in [0.5, 0.6) is 11.5 Å². The van der Waals surface area contributed by atoms with Crippen molar-refractivity contribution in [3.05, 3.63) is 67.0 Å². The maximum atomic E-state index is 14.7. The summed E-state index contributed by atoms with van der Waals surface area (Å²) >= 11 is 0. The van der Waals surface area contributed by atoms with Crippen LogP contribution in [-0.2, 0) is 0 Å². The summed E-state index contributed by atoms with van der Waals surface area (Å²) in [7, 11) is 0. The summed E-state index contributed by atoms with van der Waals surface area (Å²) in [6.07, 6.45) is 8.78. The molecule has 1 aliphatic rings. The summed E-state index contributed by atoms with van der Waals surface area (Å²) < 4.78 is 20.6. The highest BCUT2D eigenvalue weighted by Gasteiger charge is 2.18. The Morgan fingerprint density at radius 2 is 1.85 bits per heavy atom. The molecule has 1 fully saturated rings. The number of H-pyrrole nitrogens is 2. The molecule has 11 heteroatoms. The fraction of sp³-hybridized carbons (Fsp3) is 0.207. The molecule has 1 aliphatic heterocycles. The number of halogens is 1. The van der Waals surface area contributed by atoms with Gasteiger partial charge in [0.05, 0.1) is 34.8 Å². The second kappa shape index (κ2) is 10.0. The van der Waals surface area contributed by atoms with Gasteiger partial charge in [-0.1, -0.05) is 0 Å². The van der Waals surface area contributed by atoms with E-state index in [-0.39, 0.29) is 5.75 Å². The van der Waals surface area contributed by atoms with E-state index in [0.717, 1.165) is 36.1 Å². The first-order chi connectivity index (χ1) is 19.6. The Morgan fingerprint density at radius 3 is 2.73 bits per heavy atom. The highest BCUT2D eigenvalue weighted by molar-refractivity contribution is 5.96. The van der Waals surface area contributed by atoms with Crippen LogP contribution in [0.15, 0.2) is 61.2 Å². The molecule has 1 saturated heterocycles. The molecule has 1 aromatic carbocycles. The largest absolute Gasteiger partial charge is 0.506 e. The average molecular weight is 537 g/mol. The molecule has 0 amide bonds. The van der Waals surface area contributed by atoms with Gasteiger partial charge in [-0.3, -0.25) is 25.0 Å². The van der Waals surface area contributed by atoms with Crippen molar-refractivity contribution in [1.82, 2.24) is 40.0 Å². The molecule has 0 bridgehead atoms. The lowest BCUT2D eigenvalue weighted by Gasteiger charge is -2.15. The monoisotopic (exact) mass is 536 g/mol. The third-order valence-corrected chi connectivity index (χ3v) is 7.11.